The lowest BCUT2D eigenvalue weighted by molar-refractivity contribution is -0.137. The molecule has 162 valence electrons. The van der Waals surface area contributed by atoms with E-state index < -0.39 is 11.7 Å². The van der Waals surface area contributed by atoms with Gasteiger partial charge in [-0.2, -0.15) is 18.3 Å². The molecule has 0 amide bonds. The number of anilines is 1. The van der Waals surface area contributed by atoms with E-state index >= 15 is 0 Å². The van der Waals surface area contributed by atoms with Gasteiger partial charge in [-0.1, -0.05) is 0 Å². The van der Waals surface area contributed by atoms with E-state index in [0.717, 1.165) is 38.3 Å². The molecule has 0 spiro atoms. The fraction of sp³-hybridized carbons (Fsp3) is 0.450. The summed E-state index contributed by atoms with van der Waals surface area (Å²) < 4.78 is 40.8. The SMILES string of the molecule is NCC1CCC(CNc2ccc(C(F)(F)F)c(-c3[nH]nc4ncccc34)n2)CC1.[HH].[HH].[HH].[HH]. The average molecular weight is 413 g/mol. The highest BCUT2D eigenvalue weighted by Gasteiger charge is 2.35. The van der Waals surface area contributed by atoms with Crippen LogP contribution in [0.3, 0.4) is 0 Å². The van der Waals surface area contributed by atoms with Crippen LogP contribution in [0.4, 0.5) is 19.0 Å². The van der Waals surface area contributed by atoms with Crippen LogP contribution in [0.1, 0.15) is 37.0 Å². The van der Waals surface area contributed by atoms with Crippen molar-refractivity contribution >= 4 is 16.9 Å². The smallest absolute Gasteiger partial charge is 0.370 e. The van der Waals surface area contributed by atoms with Crippen LogP contribution in [0.5, 0.6) is 0 Å². The van der Waals surface area contributed by atoms with Crippen LogP contribution in [-0.4, -0.2) is 33.3 Å². The van der Waals surface area contributed by atoms with E-state index in [1.54, 1.807) is 18.3 Å². The Labute approximate surface area is 172 Å². The number of nitrogens with zero attached hydrogens (tertiary/aromatic N) is 3. The largest absolute Gasteiger partial charge is 0.418 e. The Morgan fingerprint density at radius 3 is 2.62 bits per heavy atom. The number of H-pyrrole nitrogens is 1. The van der Waals surface area contributed by atoms with E-state index in [1.165, 1.54) is 6.07 Å². The lowest BCUT2D eigenvalue weighted by atomic mass is 9.82. The maximum Gasteiger partial charge on any atom is 0.418 e. The van der Waals surface area contributed by atoms with Gasteiger partial charge in [0, 0.05) is 23.8 Å². The standard InChI is InChI=1S/C20H23F3N6.4H2/c21-20(22,23)15-7-8-16(26-11-13-5-3-12(10-24)4-6-13)27-18(15)17-14-2-1-9-25-19(14)29-28-17;;;;/h1-2,7-9,12-13H,3-6,10-11,24H2,(H,26,27)(H,25,28,29);4*1H. The third-order valence-electron chi connectivity index (χ3n) is 5.64. The summed E-state index contributed by atoms with van der Waals surface area (Å²) in [4.78, 5) is 8.37. The number of pyridine rings is 2. The number of fused-ring (bicyclic) bond motifs is 1. The van der Waals surface area contributed by atoms with Crippen LogP contribution in [-0.2, 0) is 6.18 Å². The van der Waals surface area contributed by atoms with Crippen molar-refractivity contribution in [2.45, 2.75) is 31.9 Å². The van der Waals surface area contributed by atoms with Crippen molar-refractivity contribution in [1.82, 2.24) is 20.2 Å². The number of aromatic amines is 1. The van der Waals surface area contributed by atoms with Crippen molar-refractivity contribution in [3.05, 3.63) is 36.0 Å². The van der Waals surface area contributed by atoms with E-state index in [0.29, 0.717) is 35.2 Å². The summed E-state index contributed by atoms with van der Waals surface area (Å²) in [5.74, 6) is 1.48. The molecule has 0 bridgehead atoms. The van der Waals surface area contributed by atoms with Crippen LogP contribution >= 0.6 is 0 Å². The van der Waals surface area contributed by atoms with Crippen molar-refractivity contribution in [3.63, 3.8) is 0 Å². The van der Waals surface area contributed by atoms with E-state index in [1.807, 2.05) is 0 Å². The minimum Gasteiger partial charge on any atom is -0.370 e. The molecule has 0 atom stereocenters. The van der Waals surface area contributed by atoms with Gasteiger partial charge in [-0.15, -0.1) is 0 Å². The summed E-state index contributed by atoms with van der Waals surface area (Å²) >= 11 is 0. The number of halogens is 3. The van der Waals surface area contributed by atoms with Crippen LogP contribution in [0.15, 0.2) is 30.5 Å². The molecule has 9 heteroatoms. The highest BCUT2D eigenvalue weighted by atomic mass is 19.4. The molecule has 0 aromatic carbocycles. The Balaban J connectivity index is 0.00000256. The van der Waals surface area contributed by atoms with Gasteiger partial charge >= 0.3 is 6.18 Å². The Kier molecular flexibility index (Phi) is 5.40. The fourth-order valence-electron chi connectivity index (χ4n) is 3.93. The highest BCUT2D eigenvalue weighted by molar-refractivity contribution is 5.90. The summed E-state index contributed by atoms with van der Waals surface area (Å²) in [6.07, 6.45) is 1.35. The molecule has 4 rings (SSSR count). The molecule has 0 saturated heterocycles. The molecule has 1 aliphatic carbocycles. The van der Waals surface area contributed by atoms with Gasteiger partial charge in [0.25, 0.3) is 0 Å². The molecule has 1 aliphatic rings. The second-order valence-electron chi connectivity index (χ2n) is 7.57. The first-order chi connectivity index (χ1) is 14.0. The third kappa shape index (κ3) is 4.19. The molecule has 0 aliphatic heterocycles. The van der Waals surface area contributed by atoms with Crippen LogP contribution in [0.25, 0.3) is 22.4 Å². The molecule has 29 heavy (non-hydrogen) atoms. The Hall–Kier alpha value is -2.68. The molecule has 3 heterocycles. The number of rotatable bonds is 5. The number of aromatic nitrogens is 4. The lowest BCUT2D eigenvalue weighted by Gasteiger charge is -2.27. The molecular formula is C20H31F3N6. The zero-order chi connectivity index (χ0) is 20.4. The van der Waals surface area contributed by atoms with Gasteiger partial charge < -0.3 is 11.1 Å². The molecule has 3 aromatic rings. The minimum absolute atomic E-state index is 0. The summed E-state index contributed by atoms with van der Waals surface area (Å²) in [7, 11) is 0. The molecule has 1 saturated carbocycles. The van der Waals surface area contributed by atoms with Crippen LogP contribution in [0, 0.1) is 11.8 Å². The molecule has 6 nitrogen and oxygen atoms in total. The van der Waals surface area contributed by atoms with Gasteiger partial charge in [-0.25, -0.2) is 9.97 Å². The summed E-state index contributed by atoms with van der Waals surface area (Å²) in [5, 5.41) is 10.4. The minimum atomic E-state index is -4.53. The molecule has 1 fully saturated rings. The number of hydrogen-bond acceptors (Lipinski definition) is 5. The molecule has 0 radical (unpaired) electrons. The normalized spacial score (nSPS) is 20.1. The maximum absolute atomic E-state index is 13.6. The summed E-state index contributed by atoms with van der Waals surface area (Å²) in [6.45, 7) is 1.40. The maximum atomic E-state index is 13.6. The van der Waals surface area contributed by atoms with Crippen molar-refractivity contribution in [1.29, 1.82) is 0 Å². The van der Waals surface area contributed by atoms with Crippen LogP contribution in [0.2, 0.25) is 0 Å². The zero-order valence-electron chi connectivity index (χ0n) is 15.8. The van der Waals surface area contributed by atoms with Gasteiger partial charge in [0.15, 0.2) is 5.65 Å². The number of nitrogens with two attached hydrogens (primary N) is 1. The highest BCUT2D eigenvalue weighted by Crippen LogP contribution is 2.38. The van der Waals surface area contributed by atoms with Crippen molar-refractivity contribution in [3.8, 4) is 11.4 Å². The summed E-state index contributed by atoms with van der Waals surface area (Å²) in [6, 6.07) is 5.79. The predicted octanol–water partition coefficient (Wildman–Crippen LogP) is 5.20. The average Bonchev–Trinajstić information content (AvgIpc) is 3.16. The van der Waals surface area contributed by atoms with Gasteiger partial charge in [0.05, 0.1) is 11.3 Å². The van der Waals surface area contributed by atoms with Crippen molar-refractivity contribution < 1.29 is 18.9 Å². The van der Waals surface area contributed by atoms with E-state index in [2.05, 4.69) is 25.5 Å². The second-order valence-corrected chi connectivity index (χ2v) is 7.57. The quantitative estimate of drug-likeness (QED) is 0.536. The first kappa shape index (κ1) is 19.6. The predicted molar refractivity (Wildman–Crippen MR) is 114 cm³/mol. The number of nitrogens with one attached hydrogen (secondary N) is 2. The monoisotopic (exact) mass is 412 g/mol. The first-order valence-electron chi connectivity index (χ1n) is 9.77. The van der Waals surface area contributed by atoms with Crippen molar-refractivity contribution in [2.24, 2.45) is 17.6 Å². The topological polar surface area (TPSA) is 92.5 Å². The first-order valence-corrected chi connectivity index (χ1v) is 9.77. The Morgan fingerprint density at radius 1 is 1.14 bits per heavy atom. The zero-order valence-corrected chi connectivity index (χ0v) is 15.8. The number of alkyl halides is 3. The van der Waals surface area contributed by atoms with Crippen molar-refractivity contribution in [2.75, 3.05) is 18.4 Å². The van der Waals surface area contributed by atoms with Gasteiger partial charge in [-0.05, 0) is 68.3 Å². The Bertz CT molecular complexity index is 993. The van der Waals surface area contributed by atoms with Crippen LogP contribution < -0.4 is 11.1 Å². The number of hydrogen-bond donors (Lipinski definition) is 3. The van der Waals surface area contributed by atoms with Gasteiger partial charge in [0.1, 0.15) is 11.5 Å². The van der Waals surface area contributed by atoms with Gasteiger partial charge in [-0.3, -0.25) is 5.10 Å². The van der Waals surface area contributed by atoms with E-state index in [-0.39, 0.29) is 17.1 Å². The lowest BCUT2D eigenvalue weighted by Crippen LogP contribution is -2.25. The molecular weight excluding hydrogens is 381 g/mol. The summed E-state index contributed by atoms with van der Waals surface area (Å²) in [5.41, 5.74) is 5.32. The van der Waals surface area contributed by atoms with E-state index in [9.17, 15) is 13.2 Å². The Morgan fingerprint density at radius 2 is 1.90 bits per heavy atom. The van der Waals surface area contributed by atoms with E-state index in [4.69, 9.17) is 5.73 Å². The fourth-order valence-corrected chi connectivity index (χ4v) is 3.93. The third-order valence-corrected chi connectivity index (χ3v) is 5.64. The molecule has 4 N–H and O–H groups in total. The van der Waals surface area contributed by atoms with Gasteiger partial charge in [0.2, 0.25) is 0 Å². The molecule has 3 aromatic heterocycles. The second kappa shape index (κ2) is 7.98. The molecule has 0 unspecified atom stereocenters.